The third-order valence-corrected chi connectivity index (χ3v) is 6.09. The first-order valence-corrected chi connectivity index (χ1v) is 11.4. The number of carbonyl (C=O) groups is 2. The Labute approximate surface area is 198 Å². The summed E-state index contributed by atoms with van der Waals surface area (Å²) in [5.41, 5.74) is 2.00. The summed E-state index contributed by atoms with van der Waals surface area (Å²) in [6.45, 7) is 0.120. The smallest absolute Gasteiger partial charge is 0.238 e. The van der Waals surface area contributed by atoms with E-state index in [0.29, 0.717) is 23.4 Å². The lowest BCUT2D eigenvalue weighted by molar-refractivity contribution is -0.142. The van der Waals surface area contributed by atoms with Crippen molar-refractivity contribution in [1.82, 2.24) is 10.2 Å². The van der Waals surface area contributed by atoms with Crippen molar-refractivity contribution in [2.75, 3.05) is 32.6 Å². The second kappa shape index (κ2) is 10.5. The van der Waals surface area contributed by atoms with Crippen molar-refractivity contribution < 1.29 is 28.6 Å². The van der Waals surface area contributed by atoms with Gasteiger partial charge < -0.3 is 30.1 Å². The number of nitrogens with one attached hydrogen (secondary N) is 2. The average Bonchev–Trinajstić information content (AvgIpc) is 3.15. The van der Waals surface area contributed by atoms with Crippen molar-refractivity contribution in [2.24, 2.45) is 0 Å². The Balaban J connectivity index is 1.42. The molecule has 182 valence electrons. The summed E-state index contributed by atoms with van der Waals surface area (Å²) in [6, 6.07) is 11.8. The van der Waals surface area contributed by atoms with Crippen LogP contribution in [0.2, 0.25) is 0 Å². The van der Waals surface area contributed by atoms with Crippen molar-refractivity contribution in [2.45, 2.75) is 43.6 Å². The van der Waals surface area contributed by atoms with Crippen LogP contribution >= 0.6 is 0 Å². The zero-order valence-electron chi connectivity index (χ0n) is 19.3. The van der Waals surface area contributed by atoms with Crippen molar-refractivity contribution >= 4 is 17.5 Å². The fourth-order valence-corrected chi connectivity index (χ4v) is 4.57. The maximum Gasteiger partial charge on any atom is 0.238 e. The number of aliphatic hydroxyl groups is 1. The molecule has 0 aliphatic carbocycles. The molecule has 4 rings (SSSR count). The molecule has 3 N–H and O–H groups in total. The standard InChI is InChI=1S/C25H30FN3O5/c1-29(2)13-24(32)28-16-7-8-21-18(9-16)19-10-17(33-22(14-30)25(19)34-21)11-23(31)27-12-15-5-3-4-6-20(15)26/h3-9,17,19,22,25,30H,10-14H2,1-2H3,(H,27,31)(H,28,32)/t17-,19+,22-,25-/m1/s1. The number of hydrogen-bond donors (Lipinski definition) is 3. The molecule has 0 radical (unpaired) electrons. The predicted molar refractivity (Wildman–Crippen MR) is 124 cm³/mol. The van der Waals surface area contributed by atoms with E-state index in [9.17, 15) is 19.1 Å². The van der Waals surface area contributed by atoms with Crippen LogP contribution in [0, 0.1) is 5.82 Å². The molecule has 0 bridgehead atoms. The first-order chi connectivity index (χ1) is 16.3. The Hall–Kier alpha value is -3.01. The van der Waals surface area contributed by atoms with E-state index in [1.807, 2.05) is 26.2 Å². The number of fused-ring (bicyclic) bond motifs is 3. The van der Waals surface area contributed by atoms with Gasteiger partial charge in [0.2, 0.25) is 11.8 Å². The Morgan fingerprint density at radius 2 is 1.97 bits per heavy atom. The Bertz CT molecular complexity index is 1050. The number of nitrogens with zero attached hydrogens (tertiary/aromatic N) is 1. The third-order valence-electron chi connectivity index (χ3n) is 6.09. The molecule has 0 aromatic heterocycles. The van der Waals surface area contributed by atoms with Crippen LogP contribution in [0.3, 0.4) is 0 Å². The quantitative estimate of drug-likeness (QED) is 0.545. The molecule has 1 fully saturated rings. The highest BCUT2D eigenvalue weighted by molar-refractivity contribution is 5.92. The van der Waals surface area contributed by atoms with Gasteiger partial charge in [0.05, 0.1) is 25.7 Å². The second-order valence-electron chi connectivity index (χ2n) is 9.01. The largest absolute Gasteiger partial charge is 0.487 e. The average molecular weight is 472 g/mol. The van der Waals surface area contributed by atoms with Gasteiger partial charge in [-0.3, -0.25) is 9.59 Å². The summed E-state index contributed by atoms with van der Waals surface area (Å²) in [7, 11) is 3.65. The van der Waals surface area contributed by atoms with Crippen LogP contribution in [0.15, 0.2) is 42.5 Å². The summed E-state index contributed by atoms with van der Waals surface area (Å²) < 4.78 is 25.9. The summed E-state index contributed by atoms with van der Waals surface area (Å²) in [4.78, 5) is 26.5. The zero-order valence-corrected chi connectivity index (χ0v) is 19.3. The van der Waals surface area contributed by atoms with Gasteiger partial charge in [-0.2, -0.15) is 0 Å². The highest BCUT2D eigenvalue weighted by Gasteiger charge is 2.46. The van der Waals surface area contributed by atoms with Gasteiger partial charge in [-0.25, -0.2) is 4.39 Å². The lowest BCUT2D eigenvalue weighted by Gasteiger charge is -2.37. The third kappa shape index (κ3) is 5.55. The van der Waals surface area contributed by atoms with E-state index in [0.717, 1.165) is 5.56 Å². The van der Waals surface area contributed by atoms with Gasteiger partial charge in [-0.15, -0.1) is 0 Å². The number of benzene rings is 2. The number of hydrogen-bond acceptors (Lipinski definition) is 6. The van der Waals surface area contributed by atoms with Gasteiger partial charge in [-0.1, -0.05) is 18.2 Å². The summed E-state index contributed by atoms with van der Waals surface area (Å²) in [5.74, 6) is -0.145. The van der Waals surface area contributed by atoms with E-state index in [4.69, 9.17) is 9.47 Å². The fourth-order valence-electron chi connectivity index (χ4n) is 4.57. The molecule has 9 heteroatoms. The molecule has 0 spiro atoms. The minimum absolute atomic E-state index is 0.0861. The number of aliphatic hydroxyl groups excluding tert-OH is 1. The molecule has 0 unspecified atom stereocenters. The monoisotopic (exact) mass is 471 g/mol. The lowest BCUT2D eigenvalue weighted by atomic mass is 9.84. The number of anilines is 1. The van der Waals surface area contributed by atoms with Crippen LogP contribution in [0.4, 0.5) is 10.1 Å². The number of ether oxygens (including phenoxy) is 2. The number of rotatable bonds is 8. The van der Waals surface area contributed by atoms with E-state index in [1.54, 1.807) is 29.2 Å². The van der Waals surface area contributed by atoms with Crippen molar-refractivity contribution in [3.8, 4) is 5.75 Å². The lowest BCUT2D eigenvalue weighted by Crippen LogP contribution is -2.47. The fraction of sp³-hybridized carbons (Fsp3) is 0.440. The van der Waals surface area contributed by atoms with E-state index >= 15 is 0 Å². The van der Waals surface area contributed by atoms with Gasteiger partial charge in [0, 0.05) is 29.3 Å². The Kier molecular flexibility index (Phi) is 7.45. The minimum atomic E-state index is -0.581. The van der Waals surface area contributed by atoms with Gasteiger partial charge >= 0.3 is 0 Å². The van der Waals surface area contributed by atoms with Crippen LogP contribution in [-0.4, -0.2) is 67.4 Å². The van der Waals surface area contributed by atoms with E-state index < -0.39 is 12.2 Å². The topological polar surface area (TPSA) is 100 Å². The molecule has 2 aliphatic rings. The first kappa shape index (κ1) is 24.1. The van der Waals surface area contributed by atoms with E-state index in [-0.39, 0.29) is 55.8 Å². The second-order valence-corrected chi connectivity index (χ2v) is 9.01. The van der Waals surface area contributed by atoms with Crippen molar-refractivity contribution in [3.63, 3.8) is 0 Å². The van der Waals surface area contributed by atoms with Crippen molar-refractivity contribution in [1.29, 1.82) is 0 Å². The molecular formula is C25H30FN3O5. The maximum atomic E-state index is 13.8. The first-order valence-electron chi connectivity index (χ1n) is 11.4. The number of amides is 2. The predicted octanol–water partition coefficient (Wildman–Crippen LogP) is 2.03. The van der Waals surface area contributed by atoms with Crippen molar-refractivity contribution in [3.05, 3.63) is 59.4 Å². The molecule has 8 nitrogen and oxygen atoms in total. The zero-order chi connectivity index (χ0) is 24.2. The normalized spacial score (nSPS) is 23.1. The summed E-state index contributed by atoms with van der Waals surface area (Å²) >= 11 is 0. The molecule has 1 saturated heterocycles. The number of likely N-dealkylation sites (N-methyl/N-ethyl adjacent to an activating group) is 1. The van der Waals surface area contributed by atoms with Gasteiger partial charge in [0.1, 0.15) is 23.8 Å². The molecule has 2 heterocycles. The molecule has 34 heavy (non-hydrogen) atoms. The van der Waals surface area contributed by atoms with Crippen LogP contribution in [0.5, 0.6) is 5.75 Å². The molecular weight excluding hydrogens is 441 g/mol. The van der Waals surface area contributed by atoms with Gasteiger partial charge in [0.25, 0.3) is 0 Å². The van der Waals surface area contributed by atoms with Crippen LogP contribution in [0.1, 0.15) is 29.9 Å². The SMILES string of the molecule is CN(C)CC(=O)Nc1ccc2c(c1)[C@@H]1C[C@H](CC(=O)NCc3ccccc3F)O[C@H](CO)[C@@H]1O2. The highest BCUT2D eigenvalue weighted by atomic mass is 19.1. The van der Waals surface area contributed by atoms with Crippen LogP contribution < -0.4 is 15.4 Å². The number of carbonyl (C=O) groups excluding carboxylic acids is 2. The van der Waals surface area contributed by atoms with E-state index in [2.05, 4.69) is 10.6 Å². The number of halogens is 1. The molecule has 2 aromatic rings. The van der Waals surface area contributed by atoms with Gasteiger partial charge in [-0.05, 0) is 44.8 Å². The maximum absolute atomic E-state index is 13.8. The molecule has 2 aliphatic heterocycles. The van der Waals surface area contributed by atoms with Crippen LogP contribution in [0.25, 0.3) is 0 Å². The van der Waals surface area contributed by atoms with Gasteiger partial charge in [0.15, 0.2) is 0 Å². The molecule has 4 atom stereocenters. The molecule has 0 saturated carbocycles. The highest BCUT2D eigenvalue weighted by Crippen LogP contribution is 2.47. The Morgan fingerprint density at radius 3 is 2.71 bits per heavy atom. The molecule has 2 amide bonds. The minimum Gasteiger partial charge on any atom is -0.487 e. The summed E-state index contributed by atoms with van der Waals surface area (Å²) in [6.07, 6.45) is -0.771. The van der Waals surface area contributed by atoms with Crippen LogP contribution in [-0.2, 0) is 20.9 Å². The van der Waals surface area contributed by atoms with E-state index in [1.165, 1.54) is 6.07 Å². The molecule has 2 aromatic carbocycles. The Morgan fingerprint density at radius 1 is 1.18 bits per heavy atom. The summed E-state index contributed by atoms with van der Waals surface area (Å²) in [5, 5.41) is 15.5.